The molecule has 0 bridgehead atoms. The van der Waals surface area contributed by atoms with Crippen LogP contribution in [0.25, 0.3) is 11.4 Å². The molecule has 0 saturated heterocycles. The summed E-state index contributed by atoms with van der Waals surface area (Å²) in [5.74, 6) is -3.08. The number of aryl methyl sites for hydroxylation is 1. The molecule has 3 aromatic rings. The van der Waals surface area contributed by atoms with E-state index in [9.17, 15) is 27.2 Å². The van der Waals surface area contributed by atoms with Crippen LogP contribution in [0.15, 0.2) is 54.9 Å². The van der Waals surface area contributed by atoms with E-state index in [-0.39, 0.29) is 17.7 Å². The molecule has 0 aliphatic rings. The Labute approximate surface area is 275 Å². The number of aromatic nitrogens is 2. The molecule has 1 unspecified atom stereocenters. The second-order valence-corrected chi connectivity index (χ2v) is 11.9. The fraction of sp³-hybridized carbons (Fsp3) is 0.514. The van der Waals surface area contributed by atoms with Gasteiger partial charge in [0.1, 0.15) is 11.6 Å². The fourth-order valence-electron chi connectivity index (χ4n) is 5.16. The number of nitrogens with zero attached hydrogens (tertiary/aromatic N) is 2. The Kier molecular flexibility index (Phi) is 15.8. The first-order valence-electron chi connectivity index (χ1n) is 16.8. The SMILES string of the molecule is CCCCCCCCCc1cnc(-c2ccc(C(=O)Oc3ccc(C(=O)OC(CCCCCCCC)C(F)(F)F)c(F)c3)cc2)nc1. The van der Waals surface area contributed by atoms with Crippen LogP contribution in [0.2, 0.25) is 0 Å². The van der Waals surface area contributed by atoms with Crippen LogP contribution in [0.4, 0.5) is 17.6 Å². The largest absolute Gasteiger partial charge is 0.449 e. The van der Waals surface area contributed by atoms with Crippen molar-refractivity contribution in [1.82, 2.24) is 9.97 Å². The maximum atomic E-state index is 14.8. The van der Waals surface area contributed by atoms with Crippen LogP contribution >= 0.6 is 0 Å². The minimum atomic E-state index is -4.77. The van der Waals surface area contributed by atoms with Crippen molar-refractivity contribution in [2.24, 2.45) is 0 Å². The first-order valence-corrected chi connectivity index (χ1v) is 16.8. The summed E-state index contributed by atoms with van der Waals surface area (Å²) < 4.78 is 65.1. The summed E-state index contributed by atoms with van der Waals surface area (Å²) in [6, 6.07) is 9.22. The summed E-state index contributed by atoms with van der Waals surface area (Å²) in [4.78, 5) is 34.0. The van der Waals surface area contributed by atoms with E-state index in [2.05, 4.69) is 21.6 Å². The molecule has 0 saturated carbocycles. The van der Waals surface area contributed by atoms with Crippen molar-refractivity contribution < 1.29 is 36.6 Å². The fourth-order valence-corrected chi connectivity index (χ4v) is 5.16. The minimum Gasteiger partial charge on any atom is -0.449 e. The van der Waals surface area contributed by atoms with E-state index in [4.69, 9.17) is 4.74 Å². The molecule has 1 heterocycles. The number of ether oxygens (including phenoxy) is 2. The monoisotopic (exact) mass is 658 g/mol. The third kappa shape index (κ3) is 13.1. The Morgan fingerprint density at radius 3 is 1.89 bits per heavy atom. The summed E-state index contributed by atoms with van der Waals surface area (Å²) in [6.45, 7) is 4.25. The highest BCUT2D eigenvalue weighted by Crippen LogP contribution is 2.29. The summed E-state index contributed by atoms with van der Waals surface area (Å²) >= 11 is 0. The zero-order valence-electron chi connectivity index (χ0n) is 27.4. The van der Waals surface area contributed by atoms with E-state index >= 15 is 0 Å². The van der Waals surface area contributed by atoms with Gasteiger partial charge in [0.05, 0.1) is 11.1 Å². The number of hydrogen-bond donors (Lipinski definition) is 0. The first kappa shape index (κ1) is 37.6. The molecule has 256 valence electrons. The Hall–Kier alpha value is -3.82. The molecule has 3 rings (SSSR count). The molecule has 1 aromatic heterocycles. The molecular weight excluding hydrogens is 612 g/mol. The zero-order chi connectivity index (χ0) is 34.1. The summed E-state index contributed by atoms with van der Waals surface area (Å²) in [7, 11) is 0. The highest BCUT2D eigenvalue weighted by atomic mass is 19.4. The molecule has 0 aliphatic carbocycles. The van der Waals surface area contributed by atoms with Gasteiger partial charge in [0, 0.05) is 24.0 Å². The number of carbonyl (C=O) groups is 2. The molecule has 0 aliphatic heterocycles. The van der Waals surface area contributed by atoms with Crippen molar-refractivity contribution in [3.63, 3.8) is 0 Å². The number of alkyl halides is 3. The van der Waals surface area contributed by atoms with Gasteiger partial charge in [-0.25, -0.2) is 23.9 Å². The van der Waals surface area contributed by atoms with E-state index in [1.54, 1.807) is 12.1 Å². The number of unbranched alkanes of at least 4 members (excludes halogenated alkanes) is 11. The zero-order valence-corrected chi connectivity index (χ0v) is 27.4. The summed E-state index contributed by atoms with van der Waals surface area (Å²) in [5.41, 5.74) is 1.27. The normalized spacial score (nSPS) is 12.1. The molecule has 0 amide bonds. The standard InChI is InChI=1S/C37H46F4N2O4/c1-3-5-7-9-11-12-14-16-27-25-42-34(43-26-27)28-18-20-29(21-19-28)35(44)46-30-22-23-31(32(38)24-30)36(45)47-33(37(39,40)41)17-15-13-10-8-6-4-2/h18-26,33H,3-17H2,1-2H3. The van der Waals surface area contributed by atoms with E-state index in [0.717, 1.165) is 62.3 Å². The predicted octanol–water partition coefficient (Wildman–Crippen LogP) is 10.6. The Morgan fingerprint density at radius 1 is 0.745 bits per heavy atom. The van der Waals surface area contributed by atoms with Crippen LogP contribution in [-0.2, 0) is 11.2 Å². The highest BCUT2D eigenvalue weighted by Gasteiger charge is 2.42. The van der Waals surface area contributed by atoms with Gasteiger partial charge in [0.2, 0.25) is 0 Å². The van der Waals surface area contributed by atoms with E-state index in [1.165, 1.54) is 50.7 Å². The average molecular weight is 659 g/mol. The second kappa shape index (κ2) is 19.8. The smallest absolute Gasteiger partial charge is 0.425 e. The van der Waals surface area contributed by atoms with Gasteiger partial charge in [-0.1, -0.05) is 96.6 Å². The molecule has 0 spiro atoms. The molecular formula is C37H46F4N2O4. The third-order valence-corrected chi connectivity index (χ3v) is 7.96. The Morgan fingerprint density at radius 2 is 1.32 bits per heavy atom. The molecule has 0 radical (unpaired) electrons. The molecule has 0 fully saturated rings. The van der Waals surface area contributed by atoms with Gasteiger partial charge < -0.3 is 9.47 Å². The van der Waals surface area contributed by atoms with Crippen LogP contribution in [0.1, 0.15) is 130 Å². The van der Waals surface area contributed by atoms with Crippen LogP contribution in [-0.4, -0.2) is 34.2 Å². The predicted molar refractivity (Wildman–Crippen MR) is 174 cm³/mol. The lowest BCUT2D eigenvalue weighted by atomic mass is 10.1. The van der Waals surface area contributed by atoms with Crippen molar-refractivity contribution in [1.29, 1.82) is 0 Å². The third-order valence-electron chi connectivity index (χ3n) is 7.96. The maximum absolute atomic E-state index is 14.8. The van der Waals surface area contributed by atoms with Gasteiger partial charge >= 0.3 is 18.1 Å². The molecule has 0 N–H and O–H groups in total. The van der Waals surface area contributed by atoms with Crippen molar-refractivity contribution in [3.8, 4) is 17.1 Å². The number of rotatable bonds is 20. The van der Waals surface area contributed by atoms with Gasteiger partial charge in [-0.15, -0.1) is 0 Å². The number of hydrogen-bond acceptors (Lipinski definition) is 6. The molecule has 47 heavy (non-hydrogen) atoms. The number of esters is 2. The van der Waals surface area contributed by atoms with Crippen LogP contribution < -0.4 is 4.74 Å². The topological polar surface area (TPSA) is 78.4 Å². The summed E-state index contributed by atoms with van der Waals surface area (Å²) in [5, 5.41) is 0. The van der Waals surface area contributed by atoms with Crippen molar-refractivity contribution in [2.45, 2.75) is 122 Å². The van der Waals surface area contributed by atoms with Gasteiger partial charge in [0.25, 0.3) is 0 Å². The minimum absolute atomic E-state index is 0.177. The molecule has 1 atom stereocenters. The Bertz CT molecular complexity index is 1380. The number of benzene rings is 2. The molecule has 2 aromatic carbocycles. The molecule has 10 heteroatoms. The van der Waals surface area contributed by atoms with E-state index < -0.39 is 42.0 Å². The molecule has 6 nitrogen and oxygen atoms in total. The number of carbonyl (C=O) groups excluding carboxylic acids is 2. The quantitative estimate of drug-likeness (QED) is 0.0520. The van der Waals surface area contributed by atoms with Gasteiger partial charge in [-0.2, -0.15) is 13.2 Å². The van der Waals surface area contributed by atoms with E-state index in [1.807, 2.05) is 19.3 Å². The number of halogens is 4. The van der Waals surface area contributed by atoms with Gasteiger partial charge in [-0.05, 0) is 55.5 Å². The van der Waals surface area contributed by atoms with Crippen molar-refractivity contribution >= 4 is 11.9 Å². The van der Waals surface area contributed by atoms with Gasteiger partial charge in [-0.3, -0.25) is 0 Å². The highest BCUT2D eigenvalue weighted by molar-refractivity contribution is 5.92. The van der Waals surface area contributed by atoms with Crippen molar-refractivity contribution in [2.75, 3.05) is 0 Å². The maximum Gasteiger partial charge on any atom is 0.425 e. The van der Waals surface area contributed by atoms with Crippen LogP contribution in [0.3, 0.4) is 0 Å². The second-order valence-electron chi connectivity index (χ2n) is 11.9. The average Bonchev–Trinajstić information content (AvgIpc) is 3.05. The lowest BCUT2D eigenvalue weighted by Crippen LogP contribution is -2.34. The summed E-state index contributed by atoms with van der Waals surface area (Å²) in [6.07, 6.45) is 10.3. The van der Waals surface area contributed by atoms with Crippen LogP contribution in [0, 0.1) is 5.82 Å². The Balaban J connectivity index is 1.51. The van der Waals surface area contributed by atoms with Crippen molar-refractivity contribution in [3.05, 3.63) is 77.4 Å². The van der Waals surface area contributed by atoms with E-state index in [0.29, 0.717) is 17.8 Å². The lowest BCUT2D eigenvalue weighted by Gasteiger charge is -2.21. The van der Waals surface area contributed by atoms with Crippen LogP contribution in [0.5, 0.6) is 5.75 Å². The van der Waals surface area contributed by atoms with Gasteiger partial charge in [0.15, 0.2) is 11.9 Å². The lowest BCUT2D eigenvalue weighted by molar-refractivity contribution is -0.206. The first-order chi connectivity index (χ1) is 22.6.